The predicted molar refractivity (Wildman–Crippen MR) is 102 cm³/mol. The van der Waals surface area contributed by atoms with E-state index in [9.17, 15) is 22.8 Å². The smallest absolute Gasteiger partial charge is 0.242 e. The molecule has 0 saturated carbocycles. The van der Waals surface area contributed by atoms with E-state index < -0.39 is 10.0 Å². The predicted octanol–water partition coefficient (Wildman–Crippen LogP) is 0.337. The number of sulfonamides is 1. The summed E-state index contributed by atoms with van der Waals surface area (Å²) in [6.07, 6.45) is 0.191. The lowest BCUT2D eigenvalue weighted by Gasteiger charge is -2.15. The van der Waals surface area contributed by atoms with Crippen LogP contribution in [0, 0.1) is 5.92 Å². The van der Waals surface area contributed by atoms with Crippen LogP contribution in [0.3, 0.4) is 0 Å². The van der Waals surface area contributed by atoms with Crippen molar-refractivity contribution < 1.29 is 22.8 Å². The van der Waals surface area contributed by atoms with E-state index in [-0.39, 0.29) is 72.4 Å². The van der Waals surface area contributed by atoms with E-state index in [2.05, 4.69) is 10.0 Å². The van der Waals surface area contributed by atoms with Crippen molar-refractivity contribution in [1.82, 2.24) is 14.9 Å². The highest BCUT2D eigenvalue weighted by atomic mass is 32.2. The molecule has 10 heteroatoms. The van der Waals surface area contributed by atoms with Crippen LogP contribution in [-0.4, -0.2) is 66.9 Å². The van der Waals surface area contributed by atoms with Crippen molar-refractivity contribution >= 4 is 39.5 Å². The molecule has 1 unspecified atom stereocenters. The summed E-state index contributed by atoms with van der Waals surface area (Å²) in [6, 6.07) is 0. The highest BCUT2D eigenvalue weighted by Crippen LogP contribution is 2.28. The molecular formula is C16H29N3O5S2. The summed E-state index contributed by atoms with van der Waals surface area (Å²) in [5, 5.41) is 2.47. The molecule has 2 N–H and O–H groups in total. The molecule has 1 atom stereocenters. The SMILES string of the molecule is CC(C)CS(=O)(=O)NCCNC(=O)CCN1C(=O)CC(SC(C)C)C1=O. The Hall–Kier alpha value is -1.13. The number of carbonyl (C=O) groups is 3. The number of rotatable bonds is 11. The van der Waals surface area contributed by atoms with Crippen LogP contribution in [0.2, 0.25) is 0 Å². The van der Waals surface area contributed by atoms with Gasteiger partial charge in [0.15, 0.2) is 0 Å². The molecule has 3 amide bonds. The van der Waals surface area contributed by atoms with Gasteiger partial charge in [-0.05, 0) is 11.2 Å². The maximum atomic E-state index is 12.2. The fourth-order valence-corrected chi connectivity index (χ4v) is 5.08. The molecule has 0 aromatic carbocycles. The molecule has 1 rings (SSSR count). The lowest BCUT2D eigenvalue weighted by Crippen LogP contribution is -2.38. The average molecular weight is 408 g/mol. The van der Waals surface area contributed by atoms with Crippen LogP contribution in [0.15, 0.2) is 0 Å². The fraction of sp³-hybridized carbons (Fsp3) is 0.812. The van der Waals surface area contributed by atoms with E-state index in [1.54, 1.807) is 0 Å². The van der Waals surface area contributed by atoms with Gasteiger partial charge in [-0.25, -0.2) is 13.1 Å². The van der Waals surface area contributed by atoms with Crippen molar-refractivity contribution in [2.45, 2.75) is 51.0 Å². The van der Waals surface area contributed by atoms with Crippen molar-refractivity contribution in [3.63, 3.8) is 0 Å². The van der Waals surface area contributed by atoms with Crippen molar-refractivity contribution in [3.8, 4) is 0 Å². The number of carbonyl (C=O) groups excluding carboxylic acids is 3. The lowest BCUT2D eigenvalue weighted by molar-refractivity contribution is -0.138. The Balaban J connectivity index is 2.30. The van der Waals surface area contributed by atoms with Crippen LogP contribution < -0.4 is 10.0 Å². The average Bonchev–Trinajstić information content (AvgIpc) is 2.74. The zero-order valence-electron chi connectivity index (χ0n) is 15.8. The molecule has 8 nitrogen and oxygen atoms in total. The third kappa shape index (κ3) is 8.05. The van der Waals surface area contributed by atoms with Crippen LogP contribution >= 0.6 is 11.8 Å². The Kier molecular flexibility index (Phi) is 9.05. The van der Waals surface area contributed by atoms with Gasteiger partial charge in [0, 0.05) is 32.5 Å². The second kappa shape index (κ2) is 10.3. The van der Waals surface area contributed by atoms with Crippen molar-refractivity contribution in [2.75, 3.05) is 25.4 Å². The van der Waals surface area contributed by atoms with Gasteiger partial charge >= 0.3 is 0 Å². The van der Waals surface area contributed by atoms with Gasteiger partial charge in [0.2, 0.25) is 27.7 Å². The summed E-state index contributed by atoms with van der Waals surface area (Å²) in [5.41, 5.74) is 0. The van der Waals surface area contributed by atoms with E-state index in [0.29, 0.717) is 0 Å². The Morgan fingerprint density at radius 3 is 2.46 bits per heavy atom. The van der Waals surface area contributed by atoms with Gasteiger partial charge in [-0.15, -0.1) is 11.8 Å². The minimum absolute atomic E-state index is 0.00922. The van der Waals surface area contributed by atoms with Crippen LogP contribution in [0.25, 0.3) is 0 Å². The minimum atomic E-state index is -3.34. The second-order valence-electron chi connectivity index (χ2n) is 6.93. The summed E-state index contributed by atoms with van der Waals surface area (Å²) in [6.45, 7) is 7.87. The molecule has 1 saturated heterocycles. The highest BCUT2D eigenvalue weighted by molar-refractivity contribution is 8.01. The first kappa shape index (κ1) is 22.9. The molecule has 0 spiro atoms. The van der Waals surface area contributed by atoms with Gasteiger partial charge in [-0.3, -0.25) is 19.3 Å². The Bertz CT molecular complexity index is 619. The molecule has 0 aromatic heterocycles. The Morgan fingerprint density at radius 2 is 1.88 bits per heavy atom. The number of nitrogens with zero attached hydrogens (tertiary/aromatic N) is 1. The summed E-state index contributed by atoms with van der Waals surface area (Å²) < 4.78 is 25.7. The van der Waals surface area contributed by atoms with Crippen molar-refractivity contribution in [3.05, 3.63) is 0 Å². The maximum Gasteiger partial charge on any atom is 0.242 e. The molecule has 0 aliphatic carbocycles. The van der Waals surface area contributed by atoms with Crippen molar-refractivity contribution in [1.29, 1.82) is 0 Å². The first-order valence-corrected chi connectivity index (χ1v) is 11.3. The van der Waals surface area contributed by atoms with E-state index in [0.717, 1.165) is 4.90 Å². The van der Waals surface area contributed by atoms with Gasteiger partial charge in [0.05, 0.1) is 11.0 Å². The molecule has 150 valence electrons. The number of nitrogens with one attached hydrogen (secondary N) is 2. The molecule has 0 aromatic rings. The third-order valence-electron chi connectivity index (χ3n) is 3.52. The standard InChI is InChI=1S/C16H29N3O5S2/c1-11(2)10-26(23,24)18-7-6-17-14(20)5-8-19-15(21)9-13(16(19)22)25-12(3)4/h11-13,18H,5-10H2,1-4H3,(H,17,20). The van der Waals surface area contributed by atoms with Crippen LogP contribution in [0.1, 0.15) is 40.5 Å². The summed E-state index contributed by atoms with van der Waals surface area (Å²) in [5.74, 6) is -0.746. The highest BCUT2D eigenvalue weighted by Gasteiger charge is 2.39. The topological polar surface area (TPSA) is 113 Å². The van der Waals surface area contributed by atoms with Crippen LogP contribution in [0.5, 0.6) is 0 Å². The molecule has 26 heavy (non-hydrogen) atoms. The fourth-order valence-electron chi connectivity index (χ4n) is 2.53. The van der Waals surface area contributed by atoms with Gasteiger partial charge in [0.1, 0.15) is 0 Å². The minimum Gasteiger partial charge on any atom is -0.355 e. The first-order valence-electron chi connectivity index (χ1n) is 8.75. The number of thioether (sulfide) groups is 1. The van der Waals surface area contributed by atoms with E-state index in [4.69, 9.17) is 0 Å². The zero-order chi connectivity index (χ0) is 19.9. The first-order chi connectivity index (χ1) is 12.0. The van der Waals surface area contributed by atoms with Gasteiger partial charge < -0.3 is 5.32 Å². The molecule has 1 fully saturated rings. The summed E-state index contributed by atoms with van der Waals surface area (Å²) in [4.78, 5) is 37.1. The number of imide groups is 1. The molecule has 0 radical (unpaired) electrons. The molecule has 1 aliphatic rings. The Morgan fingerprint density at radius 1 is 1.23 bits per heavy atom. The van der Waals surface area contributed by atoms with Gasteiger partial charge in [-0.2, -0.15) is 0 Å². The van der Waals surface area contributed by atoms with Gasteiger partial charge in [-0.1, -0.05) is 27.7 Å². The lowest BCUT2D eigenvalue weighted by atomic mass is 10.3. The Labute approximate surface area is 159 Å². The number of likely N-dealkylation sites (tertiary alicyclic amines) is 1. The molecular weight excluding hydrogens is 378 g/mol. The monoisotopic (exact) mass is 407 g/mol. The summed E-state index contributed by atoms with van der Waals surface area (Å²) >= 11 is 1.46. The molecule has 0 bridgehead atoms. The second-order valence-corrected chi connectivity index (χ2v) is 10.6. The molecule has 1 heterocycles. The maximum absolute atomic E-state index is 12.2. The van der Waals surface area contributed by atoms with E-state index >= 15 is 0 Å². The van der Waals surface area contributed by atoms with E-state index in [1.165, 1.54) is 11.8 Å². The number of hydrogen-bond donors (Lipinski definition) is 2. The number of amides is 3. The quantitative estimate of drug-likeness (QED) is 0.377. The van der Waals surface area contributed by atoms with E-state index in [1.807, 2.05) is 27.7 Å². The zero-order valence-corrected chi connectivity index (χ0v) is 17.4. The number of hydrogen-bond acceptors (Lipinski definition) is 6. The van der Waals surface area contributed by atoms with Crippen LogP contribution in [0.4, 0.5) is 0 Å². The molecule has 1 aliphatic heterocycles. The summed E-state index contributed by atoms with van der Waals surface area (Å²) in [7, 11) is -3.34. The van der Waals surface area contributed by atoms with Crippen molar-refractivity contribution in [2.24, 2.45) is 5.92 Å². The normalized spacial score (nSPS) is 18.2. The third-order valence-corrected chi connectivity index (χ3v) is 6.51. The van der Waals surface area contributed by atoms with Crippen LogP contribution in [-0.2, 0) is 24.4 Å². The largest absolute Gasteiger partial charge is 0.355 e. The van der Waals surface area contributed by atoms with Gasteiger partial charge in [0.25, 0.3) is 0 Å².